The van der Waals surface area contributed by atoms with Gasteiger partial charge in [-0.15, -0.1) is 0 Å². The van der Waals surface area contributed by atoms with Crippen LogP contribution in [0, 0.1) is 0 Å². The van der Waals surface area contributed by atoms with Crippen LogP contribution < -0.4 is 0 Å². The van der Waals surface area contributed by atoms with E-state index in [-0.39, 0.29) is 0 Å². The van der Waals surface area contributed by atoms with E-state index in [1.54, 1.807) is 0 Å². The molecule has 44 valence electrons. The van der Waals surface area contributed by atoms with Crippen LogP contribution in [0.2, 0.25) is 0 Å². The molecule has 8 heavy (non-hydrogen) atoms. The minimum atomic E-state index is 1.09. The van der Waals surface area contributed by atoms with E-state index in [0.29, 0.717) is 0 Å². The van der Waals surface area contributed by atoms with Crippen LogP contribution in [0.4, 0.5) is 0 Å². The average molecular weight is 109 g/mol. The molecule has 0 N–H and O–H groups in total. The van der Waals surface area contributed by atoms with Gasteiger partial charge in [0, 0.05) is 18.8 Å². The molecule has 0 fully saturated rings. The molecule has 0 atom stereocenters. The minimum absolute atomic E-state index is 1.09. The highest BCUT2D eigenvalue weighted by atomic mass is 14.7. The van der Waals surface area contributed by atoms with Gasteiger partial charge in [0.25, 0.3) is 0 Å². The lowest BCUT2D eigenvalue weighted by molar-refractivity contribution is 0.895. The summed E-state index contributed by atoms with van der Waals surface area (Å²) >= 11 is 0. The first-order valence-corrected chi connectivity index (χ1v) is 3.13. The summed E-state index contributed by atoms with van der Waals surface area (Å²) in [5.74, 6) is 0. The smallest absolute Gasteiger partial charge is 0.0259 e. The molecule has 1 heteroatoms. The Morgan fingerprint density at radius 2 is 2.62 bits per heavy atom. The topological polar surface area (TPSA) is 12.4 Å². The van der Waals surface area contributed by atoms with Gasteiger partial charge < -0.3 is 0 Å². The van der Waals surface area contributed by atoms with E-state index >= 15 is 0 Å². The molecule has 0 radical (unpaired) electrons. The Bertz CT molecular complexity index is 122. The molecular formula is C7H11N. The lowest BCUT2D eigenvalue weighted by Gasteiger charge is -1.91. The lowest BCUT2D eigenvalue weighted by Crippen LogP contribution is -1.76. The normalized spacial score (nSPS) is 16.9. The molecule has 1 aliphatic heterocycles. The van der Waals surface area contributed by atoms with Gasteiger partial charge in [-0.1, -0.05) is 13.3 Å². The Morgan fingerprint density at radius 3 is 3.12 bits per heavy atom. The molecule has 0 saturated carbocycles. The van der Waals surface area contributed by atoms with Crippen molar-refractivity contribution in [1.29, 1.82) is 0 Å². The second-order valence-corrected chi connectivity index (χ2v) is 2.07. The summed E-state index contributed by atoms with van der Waals surface area (Å²) in [5, 5.41) is 0. The Morgan fingerprint density at radius 1 is 1.75 bits per heavy atom. The van der Waals surface area contributed by atoms with Crippen LogP contribution in [0.1, 0.15) is 26.2 Å². The summed E-state index contributed by atoms with van der Waals surface area (Å²) in [4.78, 5) is 4.00. The number of aliphatic imine (C=N–C) groups is 1. The van der Waals surface area contributed by atoms with Crippen molar-refractivity contribution in [2.24, 2.45) is 4.99 Å². The molecule has 1 nitrogen and oxygen atoms in total. The molecule has 0 aromatic carbocycles. The van der Waals surface area contributed by atoms with Gasteiger partial charge in [0.15, 0.2) is 0 Å². The highest BCUT2D eigenvalue weighted by Gasteiger charge is 1.96. The molecule has 0 unspecified atom stereocenters. The largest absolute Gasteiger partial charge is 0.269 e. The molecule has 0 aromatic heterocycles. The number of allylic oxidation sites excluding steroid dienone is 1. The number of hydrogen-bond donors (Lipinski definition) is 0. The van der Waals surface area contributed by atoms with Crippen molar-refractivity contribution in [3.63, 3.8) is 0 Å². The Hall–Kier alpha value is -0.590. The monoisotopic (exact) mass is 109 g/mol. The fourth-order valence-corrected chi connectivity index (χ4v) is 0.869. The van der Waals surface area contributed by atoms with Crippen molar-refractivity contribution in [2.45, 2.75) is 26.2 Å². The SMILES string of the molecule is CCCC1=CN=CC1. The molecule has 1 heterocycles. The quantitative estimate of drug-likeness (QED) is 0.515. The summed E-state index contributed by atoms with van der Waals surface area (Å²) in [5.41, 5.74) is 1.48. The molecule has 0 spiro atoms. The minimum Gasteiger partial charge on any atom is -0.269 e. The molecule has 1 rings (SSSR count). The van der Waals surface area contributed by atoms with Crippen molar-refractivity contribution in [2.75, 3.05) is 0 Å². The summed E-state index contributed by atoms with van der Waals surface area (Å²) in [6.07, 6.45) is 7.50. The zero-order valence-corrected chi connectivity index (χ0v) is 5.22. The third-order valence-corrected chi connectivity index (χ3v) is 1.29. The van der Waals surface area contributed by atoms with Crippen molar-refractivity contribution >= 4 is 6.21 Å². The Kier molecular flexibility index (Phi) is 1.84. The van der Waals surface area contributed by atoms with Gasteiger partial charge in [-0.05, 0) is 12.0 Å². The maximum atomic E-state index is 4.00. The van der Waals surface area contributed by atoms with E-state index in [2.05, 4.69) is 11.9 Å². The van der Waals surface area contributed by atoms with Crippen LogP contribution in [0.15, 0.2) is 16.8 Å². The predicted molar refractivity (Wildman–Crippen MR) is 36.1 cm³/mol. The van der Waals surface area contributed by atoms with Crippen molar-refractivity contribution < 1.29 is 0 Å². The van der Waals surface area contributed by atoms with Crippen LogP contribution in [-0.4, -0.2) is 6.21 Å². The van der Waals surface area contributed by atoms with Crippen LogP contribution in [0.3, 0.4) is 0 Å². The first-order chi connectivity index (χ1) is 3.93. The second kappa shape index (κ2) is 2.65. The van der Waals surface area contributed by atoms with E-state index in [0.717, 1.165) is 6.42 Å². The maximum Gasteiger partial charge on any atom is 0.0259 e. The standard InChI is InChI=1S/C7H11N/c1-2-3-7-4-5-8-6-7/h5-6H,2-4H2,1H3. The highest BCUT2D eigenvalue weighted by Crippen LogP contribution is 2.11. The molecule has 0 bridgehead atoms. The summed E-state index contributed by atoms with van der Waals surface area (Å²) in [6.45, 7) is 2.19. The summed E-state index contributed by atoms with van der Waals surface area (Å²) < 4.78 is 0. The zero-order valence-electron chi connectivity index (χ0n) is 5.22. The highest BCUT2D eigenvalue weighted by molar-refractivity contribution is 5.65. The van der Waals surface area contributed by atoms with Gasteiger partial charge >= 0.3 is 0 Å². The molecular weight excluding hydrogens is 98.1 g/mol. The summed E-state index contributed by atoms with van der Waals surface area (Å²) in [6, 6.07) is 0. The molecule has 0 aromatic rings. The van der Waals surface area contributed by atoms with Crippen molar-refractivity contribution in [3.8, 4) is 0 Å². The Labute approximate surface area is 50.1 Å². The van der Waals surface area contributed by atoms with Gasteiger partial charge in [-0.3, -0.25) is 4.99 Å². The molecule has 0 saturated heterocycles. The maximum absolute atomic E-state index is 4.00. The first kappa shape index (κ1) is 5.54. The summed E-state index contributed by atoms with van der Waals surface area (Å²) in [7, 11) is 0. The van der Waals surface area contributed by atoms with Gasteiger partial charge in [0.2, 0.25) is 0 Å². The number of rotatable bonds is 2. The molecule has 0 aliphatic carbocycles. The van der Waals surface area contributed by atoms with E-state index in [4.69, 9.17) is 0 Å². The predicted octanol–water partition coefficient (Wildman–Crippen LogP) is 2.14. The van der Waals surface area contributed by atoms with Crippen LogP contribution in [0.25, 0.3) is 0 Å². The second-order valence-electron chi connectivity index (χ2n) is 2.07. The van der Waals surface area contributed by atoms with E-state index in [1.165, 1.54) is 18.4 Å². The number of hydrogen-bond acceptors (Lipinski definition) is 1. The van der Waals surface area contributed by atoms with Gasteiger partial charge in [-0.2, -0.15) is 0 Å². The number of nitrogens with zero attached hydrogens (tertiary/aromatic N) is 1. The zero-order chi connectivity index (χ0) is 5.82. The van der Waals surface area contributed by atoms with E-state index < -0.39 is 0 Å². The van der Waals surface area contributed by atoms with Gasteiger partial charge in [0.05, 0.1) is 0 Å². The first-order valence-electron chi connectivity index (χ1n) is 3.13. The Balaban J connectivity index is 2.28. The third-order valence-electron chi connectivity index (χ3n) is 1.29. The van der Waals surface area contributed by atoms with Crippen LogP contribution in [0.5, 0.6) is 0 Å². The third kappa shape index (κ3) is 1.19. The van der Waals surface area contributed by atoms with E-state index in [9.17, 15) is 0 Å². The van der Waals surface area contributed by atoms with Gasteiger partial charge in [-0.25, -0.2) is 0 Å². The van der Waals surface area contributed by atoms with E-state index in [1.807, 2.05) is 12.4 Å². The van der Waals surface area contributed by atoms with Crippen LogP contribution in [-0.2, 0) is 0 Å². The van der Waals surface area contributed by atoms with Gasteiger partial charge in [0.1, 0.15) is 0 Å². The lowest BCUT2D eigenvalue weighted by atomic mass is 10.1. The fourth-order valence-electron chi connectivity index (χ4n) is 0.869. The van der Waals surface area contributed by atoms with Crippen molar-refractivity contribution in [1.82, 2.24) is 0 Å². The molecule has 0 amide bonds. The molecule has 1 aliphatic rings. The van der Waals surface area contributed by atoms with Crippen molar-refractivity contribution in [3.05, 3.63) is 11.8 Å². The fraction of sp³-hybridized carbons (Fsp3) is 0.571. The van der Waals surface area contributed by atoms with Crippen LogP contribution >= 0.6 is 0 Å². The average Bonchev–Trinajstić information content (AvgIpc) is 2.19.